The van der Waals surface area contributed by atoms with Crippen LogP contribution in [0.4, 0.5) is 0 Å². The molecule has 0 saturated carbocycles. The number of hydrogen-bond acceptors (Lipinski definition) is 6. The van der Waals surface area contributed by atoms with Gasteiger partial charge in [-0.05, 0) is 32.1 Å². The van der Waals surface area contributed by atoms with Crippen LogP contribution in [0.1, 0.15) is 59.8 Å². The Morgan fingerprint density at radius 2 is 1.53 bits per heavy atom. The molecule has 0 aromatic carbocycles. The van der Waals surface area contributed by atoms with Crippen LogP contribution in [-0.4, -0.2) is 71.9 Å². The van der Waals surface area contributed by atoms with Crippen molar-refractivity contribution in [2.45, 2.75) is 77.9 Å². The van der Waals surface area contributed by atoms with Crippen molar-refractivity contribution >= 4 is 35.6 Å². The Labute approximate surface area is 199 Å². The number of carbonyl (C=O) groups excluding carboxylic acids is 4. The van der Waals surface area contributed by atoms with Gasteiger partial charge in [-0.25, -0.2) is 0 Å². The van der Waals surface area contributed by atoms with Gasteiger partial charge in [-0.15, -0.1) is 0 Å². The Bertz CT molecular complexity index is 739. The van der Waals surface area contributed by atoms with Crippen molar-refractivity contribution in [1.29, 1.82) is 0 Å². The topological polar surface area (TPSA) is 218 Å². The van der Waals surface area contributed by atoms with Crippen molar-refractivity contribution in [3.63, 3.8) is 0 Å². The van der Waals surface area contributed by atoms with E-state index in [4.69, 9.17) is 16.6 Å². The Kier molecular flexibility index (Phi) is 14.6. The van der Waals surface area contributed by atoms with Gasteiger partial charge in [-0.2, -0.15) is 0 Å². The highest BCUT2D eigenvalue weighted by Crippen LogP contribution is 2.11. The first-order valence-electron chi connectivity index (χ1n) is 11.4. The number of rotatable bonds is 16. The third kappa shape index (κ3) is 12.6. The van der Waals surface area contributed by atoms with E-state index in [0.717, 1.165) is 0 Å². The van der Waals surface area contributed by atoms with Crippen LogP contribution >= 0.6 is 0 Å². The van der Waals surface area contributed by atoms with E-state index in [1.54, 1.807) is 13.8 Å². The summed E-state index contributed by atoms with van der Waals surface area (Å²) >= 11 is 0. The lowest BCUT2D eigenvalue weighted by molar-refractivity contribution is -0.138. The van der Waals surface area contributed by atoms with Crippen molar-refractivity contribution in [3.05, 3.63) is 0 Å². The average Bonchev–Trinajstić information content (AvgIpc) is 2.75. The van der Waals surface area contributed by atoms with E-state index >= 15 is 0 Å². The molecule has 194 valence electrons. The molecule has 9 N–H and O–H groups in total. The lowest BCUT2D eigenvalue weighted by atomic mass is 9.96. The SMILES string of the molecule is CCNC(=O)[C@H](CCCN=C(N)N)NC(=O)[C@@H](NC(=O)[C@H](CCC(=O)O)NC(C)=O)C(C)CC. The molecule has 34 heavy (non-hydrogen) atoms. The Hall–Kier alpha value is -3.38. The highest BCUT2D eigenvalue weighted by Gasteiger charge is 2.32. The van der Waals surface area contributed by atoms with Gasteiger partial charge in [-0.3, -0.25) is 29.0 Å². The molecule has 4 amide bonds. The maximum Gasteiger partial charge on any atom is 0.303 e. The number of carbonyl (C=O) groups is 5. The van der Waals surface area contributed by atoms with Crippen molar-refractivity contribution in [1.82, 2.24) is 21.3 Å². The molecular weight excluding hydrogens is 446 g/mol. The van der Waals surface area contributed by atoms with Gasteiger partial charge < -0.3 is 37.8 Å². The number of likely N-dealkylation sites (N-methyl/N-ethyl adjacent to an activating group) is 1. The number of amides is 4. The summed E-state index contributed by atoms with van der Waals surface area (Å²) in [6.45, 7) is 7.20. The molecule has 13 nitrogen and oxygen atoms in total. The minimum Gasteiger partial charge on any atom is -0.481 e. The van der Waals surface area contributed by atoms with Gasteiger partial charge in [0.15, 0.2) is 5.96 Å². The van der Waals surface area contributed by atoms with E-state index in [0.29, 0.717) is 19.4 Å². The molecule has 0 aliphatic rings. The number of guanidine groups is 1. The minimum atomic E-state index is -1.12. The summed E-state index contributed by atoms with van der Waals surface area (Å²) in [5.41, 5.74) is 10.6. The number of carboxylic acid groups (broad SMARTS) is 1. The van der Waals surface area contributed by atoms with Crippen LogP contribution in [-0.2, 0) is 24.0 Å². The predicted molar refractivity (Wildman–Crippen MR) is 126 cm³/mol. The number of aliphatic carboxylic acids is 1. The summed E-state index contributed by atoms with van der Waals surface area (Å²) < 4.78 is 0. The molecule has 4 atom stereocenters. The van der Waals surface area contributed by atoms with Crippen molar-refractivity contribution in [2.75, 3.05) is 13.1 Å². The Balaban J connectivity index is 5.51. The molecule has 1 unspecified atom stereocenters. The standard InChI is InChI=1S/C21H39N7O6/c1-5-12(3)17(28-19(33)15(26-13(4)29)9-10-16(30)31)20(34)27-14(18(32)24-6-2)8-7-11-25-21(22)23/h12,14-15,17H,5-11H2,1-4H3,(H,24,32)(H,26,29)(H,27,34)(H,28,33)(H,30,31)(H4,22,23,25)/t12?,14-,15-,17-/m0/s1. The van der Waals surface area contributed by atoms with Crippen LogP contribution in [0, 0.1) is 5.92 Å². The number of carboxylic acids is 1. The van der Waals surface area contributed by atoms with Crippen LogP contribution in [0.2, 0.25) is 0 Å². The minimum absolute atomic E-state index is 0.0743. The van der Waals surface area contributed by atoms with Gasteiger partial charge in [-0.1, -0.05) is 20.3 Å². The molecule has 0 heterocycles. The highest BCUT2D eigenvalue weighted by atomic mass is 16.4. The molecule has 0 aliphatic carbocycles. The summed E-state index contributed by atoms with van der Waals surface area (Å²) in [6, 6.07) is -3.00. The summed E-state index contributed by atoms with van der Waals surface area (Å²) in [6.07, 6.45) is 0.757. The maximum atomic E-state index is 13.1. The summed E-state index contributed by atoms with van der Waals surface area (Å²) in [4.78, 5) is 64.6. The van der Waals surface area contributed by atoms with E-state index in [1.807, 2.05) is 6.92 Å². The first kappa shape index (κ1) is 30.6. The third-order valence-corrected chi connectivity index (χ3v) is 5.06. The molecule has 0 rings (SSSR count). The van der Waals surface area contributed by atoms with Gasteiger partial charge in [0.2, 0.25) is 23.6 Å². The van der Waals surface area contributed by atoms with E-state index in [-0.39, 0.29) is 43.6 Å². The maximum absolute atomic E-state index is 13.1. The monoisotopic (exact) mass is 485 g/mol. The molecule has 0 aromatic heterocycles. The molecule has 0 saturated heterocycles. The zero-order valence-electron chi connectivity index (χ0n) is 20.3. The van der Waals surface area contributed by atoms with Crippen molar-refractivity contribution < 1.29 is 29.1 Å². The number of nitrogens with two attached hydrogens (primary N) is 2. The molecule has 0 aromatic rings. The smallest absolute Gasteiger partial charge is 0.303 e. The van der Waals surface area contributed by atoms with Crippen LogP contribution in [0.25, 0.3) is 0 Å². The fraction of sp³-hybridized carbons (Fsp3) is 0.714. The van der Waals surface area contributed by atoms with Crippen molar-refractivity contribution in [2.24, 2.45) is 22.4 Å². The van der Waals surface area contributed by atoms with Gasteiger partial charge in [0.25, 0.3) is 0 Å². The molecule has 0 bridgehead atoms. The summed E-state index contributed by atoms with van der Waals surface area (Å²) in [5, 5.41) is 19.3. The molecule has 0 radical (unpaired) electrons. The van der Waals surface area contributed by atoms with E-state index in [9.17, 15) is 24.0 Å². The first-order valence-corrected chi connectivity index (χ1v) is 11.4. The van der Waals surface area contributed by atoms with Crippen molar-refractivity contribution in [3.8, 4) is 0 Å². The Morgan fingerprint density at radius 3 is 2.03 bits per heavy atom. The second kappa shape index (κ2) is 16.3. The zero-order valence-corrected chi connectivity index (χ0v) is 20.3. The third-order valence-electron chi connectivity index (χ3n) is 5.06. The van der Waals surface area contributed by atoms with E-state index in [1.165, 1.54) is 6.92 Å². The summed E-state index contributed by atoms with van der Waals surface area (Å²) in [7, 11) is 0. The number of nitrogens with zero attached hydrogens (tertiary/aromatic N) is 1. The van der Waals surface area contributed by atoms with Gasteiger partial charge in [0, 0.05) is 26.4 Å². The largest absolute Gasteiger partial charge is 0.481 e. The average molecular weight is 486 g/mol. The van der Waals surface area contributed by atoms with Gasteiger partial charge >= 0.3 is 5.97 Å². The molecular formula is C21H39N7O6. The lowest BCUT2D eigenvalue weighted by Crippen LogP contribution is -2.58. The predicted octanol–water partition coefficient (Wildman–Crippen LogP) is -1.44. The van der Waals surface area contributed by atoms with E-state index < -0.39 is 41.8 Å². The normalized spacial score (nSPS) is 14.0. The fourth-order valence-corrected chi connectivity index (χ4v) is 3.07. The second-order valence-electron chi connectivity index (χ2n) is 7.96. The number of hydrogen-bond donors (Lipinski definition) is 7. The quantitative estimate of drug-likeness (QED) is 0.0778. The molecule has 0 spiro atoms. The van der Waals surface area contributed by atoms with Crippen LogP contribution in [0.3, 0.4) is 0 Å². The second-order valence-corrected chi connectivity index (χ2v) is 7.96. The number of aliphatic imine (C=N–C) groups is 1. The molecule has 13 heteroatoms. The molecule has 0 aliphatic heterocycles. The van der Waals surface area contributed by atoms with Crippen LogP contribution in [0.15, 0.2) is 4.99 Å². The van der Waals surface area contributed by atoms with Gasteiger partial charge in [0.1, 0.15) is 18.1 Å². The fourth-order valence-electron chi connectivity index (χ4n) is 3.07. The number of nitrogens with one attached hydrogen (secondary N) is 4. The first-order chi connectivity index (χ1) is 15.9. The summed E-state index contributed by atoms with van der Waals surface area (Å²) in [5.74, 6) is -3.64. The van der Waals surface area contributed by atoms with E-state index in [2.05, 4.69) is 26.3 Å². The zero-order chi connectivity index (χ0) is 26.3. The van der Waals surface area contributed by atoms with Gasteiger partial charge in [0.05, 0.1) is 0 Å². The highest BCUT2D eigenvalue weighted by molar-refractivity contribution is 5.94. The van der Waals surface area contributed by atoms with Crippen LogP contribution in [0.5, 0.6) is 0 Å². The molecule has 0 fully saturated rings. The Morgan fingerprint density at radius 1 is 0.912 bits per heavy atom. The lowest BCUT2D eigenvalue weighted by Gasteiger charge is -2.28. The van der Waals surface area contributed by atoms with Crippen LogP contribution < -0.4 is 32.7 Å².